The van der Waals surface area contributed by atoms with Crippen LogP contribution in [0.1, 0.15) is 54.6 Å². The average Bonchev–Trinajstić information content (AvgIpc) is 3.29. The molecule has 24 heavy (non-hydrogen) atoms. The number of carbonyl (C=O) groups excluding carboxylic acids is 1. The zero-order valence-corrected chi connectivity index (χ0v) is 14.0. The molecule has 0 unspecified atom stereocenters. The fraction of sp³-hybridized carbons (Fsp3) is 0.450. The summed E-state index contributed by atoms with van der Waals surface area (Å²) in [7, 11) is 0. The van der Waals surface area contributed by atoms with E-state index in [1.165, 1.54) is 38.4 Å². The lowest BCUT2D eigenvalue weighted by atomic mass is 10.0. The van der Waals surface area contributed by atoms with Crippen LogP contribution in [-0.2, 0) is 6.61 Å². The molecule has 1 aliphatic rings. The quantitative estimate of drug-likeness (QED) is 0.723. The van der Waals surface area contributed by atoms with Gasteiger partial charge < -0.3 is 14.5 Å². The van der Waals surface area contributed by atoms with Gasteiger partial charge >= 0.3 is 0 Å². The van der Waals surface area contributed by atoms with Gasteiger partial charge in [-0.3, -0.25) is 4.79 Å². The van der Waals surface area contributed by atoms with Gasteiger partial charge in [0.25, 0.3) is 5.91 Å². The Hall–Kier alpha value is -2.23. The van der Waals surface area contributed by atoms with E-state index >= 15 is 0 Å². The summed E-state index contributed by atoms with van der Waals surface area (Å²) in [4.78, 5) is 12.3. The molecule has 3 rings (SSSR count). The molecule has 1 saturated carbocycles. The Kier molecular flexibility index (Phi) is 5.94. The lowest BCUT2D eigenvalue weighted by Crippen LogP contribution is -2.25. The molecule has 0 bridgehead atoms. The minimum Gasteiger partial charge on any atom is -0.489 e. The summed E-state index contributed by atoms with van der Waals surface area (Å²) in [6, 6.07) is 11.3. The normalized spacial score (nSPS) is 14.7. The van der Waals surface area contributed by atoms with E-state index in [-0.39, 0.29) is 5.91 Å². The number of furan rings is 1. The van der Waals surface area contributed by atoms with Crippen LogP contribution in [0.4, 0.5) is 0 Å². The first-order valence-corrected chi connectivity index (χ1v) is 8.85. The molecule has 1 aromatic heterocycles. The number of nitrogens with one attached hydrogen (secondary N) is 1. The van der Waals surface area contributed by atoms with Crippen molar-refractivity contribution in [3.05, 3.63) is 54.0 Å². The lowest BCUT2D eigenvalue weighted by Gasteiger charge is -2.09. The highest BCUT2D eigenvalue weighted by Crippen LogP contribution is 2.28. The molecule has 4 heteroatoms. The third-order valence-corrected chi connectivity index (χ3v) is 4.64. The van der Waals surface area contributed by atoms with Crippen LogP contribution in [0.25, 0.3) is 0 Å². The Bertz CT molecular complexity index is 629. The molecular formula is C20H25NO3. The van der Waals surface area contributed by atoms with Gasteiger partial charge in [0.1, 0.15) is 12.4 Å². The SMILES string of the molecule is O=C(NCCCC1CCCC1)c1occc1COc1ccccc1. The number of benzene rings is 1. The van der Waals surface area contributed by atoms with E-state index < -0.39 is 0 Å². The Morgan fingerprint density at radius 1 is 1.17 bits per heavy atom. The Labute approximate surface area is 143 Å². The van der Waals surface area contributed by atoms with Crippen molar-refractivity contribution < 1.29 is 13.9 Å². The highest BCUT2D eigenvalue weighted by molar-refractivity contribution is 5.92. The summed E-state index contributed by atoms with van der Waals surface area (Å²) in [5, 5.41) is 2.96. The third-order valence-electron chi connectivity index (χ3n) is 4.64. The second kappa shape index (κ2) is 8.57. The maximum atomic E-state index is 12.3. The van der Waals surface area contributed by atoms with Crippen molar-refractivity contribution in [1.82, 2.24) is 5.32 Å². The van der Waals surface area contributed by atoms with Crippen molar-refractivity contribution in [2.45, 2.75) is 45.1 Å². The van der Waals surface area contributed by atoms with Crippen LogP contribution < -0.4 is 10.1 Å². The molecule has 1 N–H and O–H groups in total. The fourth-order valence-corrected chi connectivity index (χ4v) is 3.30. The first kappa shape index (κ1) is 16.6. The van der Waals surface area contributed by atoms with Crippen molar-refractivity contribution in [2.75, 3.05) is 6.54 Å². The van der Waals surface area contributed by atoms with Crippen LogP contribution in [0.2, 0.25) is 0 Å². The molecular weight excluding hydrogens is 302 g/mol. The molecule has 1 aromatic carbocycles. The number of hydrogen-bond donors (Lipinski definition) is 1. The van der Waals surface area contributed by atoms with Gasteiger partial charge in [0.2, 0.25) is 0 Å². The summed E-state index contributed by atoms with van der Waals surface area (Å²) in [5.41, 5.74) is 0.771. The van der Waals surface area contributed by atoms with Crippen LogP contribution >= 0.6 is 0 Å². The van der Waals surface area contributed by atoms with Crippen molar-refractivity contribution in [3.8, 4) is 5.75 Å². The Morgan fingerprint density at radius 2 is 1.96 bits per heavy atom. The standard InChI is InChI=1S/C20H25NO3/c22-20(21-13-6-9-16-7-4-5-8-16)19-17(12-14-23-19)15-24-18-10-2-1-3-11-18/h1-3,10-12,14,16H,4-9,13,15H2,(H,21,22). The number of amides is 1. The van der Waals surface area contributed by atoms with Gasteiger partial charge in [0.05, 0.1) is 6.26 Å². The molecule has 0 saturated heterocycles. The zero-order chi connectivity index (χ0) is 16.6. The Morgan fingerprint density at radius 3 is 2.75 bits per heavy atom. The first-order valence-electron chi connectivity index (χ1n) is 8.85. The summed E-state index contributed by atoms with van der Waals surface area (Å²) in [6.45, 7) is 1.03. The molecule has 1 fully saturated rings. The van der Waals surface area contributed by atoms with E-state index in [0.717, 1.165) is 23.7 Å². The second-order valence-corrected chi connectivity index (χ2v) is 6.43. The van der Waals surface area contributed by atoms with E-state index in [0.29, 0.717) is 18.9 Å². The molecule has 0 atom stereocenters. The van der Waals surface area contributed by atoms with E-state index in [4.69, 9.17) is 9.15 Å². The highest BCUT2D eigenvalue weighted by atomic mass is 16.5. The monoisotopic (exact) mass is 327 g/mol. The van der Waals surface area contributed by atoms with Gasteiger partial charge in [-0.2, -0.15) is 0 Å². The molecule has 1 amide bonds. The number of rotatable bonds is 8. The van der Waals surface area contributed by atoms with Crippen LogP contribution in [0.15, 0.2) is 47.1 Å². The minimum absolute atomic E-state index is 0.155. The minimum atomic E-state index is -0.155. The van der Waals surface area contributed by atoms with E-state index in [1.54, 1.807) is 6.07 Å². The molecule has 0 radical (unpaired) electrons. The molecule has 0 aliphatic heterocycles. The topological polar surface area (TPSA) is 51.5 Å². The molecule has 1 aliphatic carbocycles. The van der Waals surface area contributed by atoms with Gasteiger partial charge in [-0.05, 0) is 37.0 Å². The van der Waals surface area contributed by atoms with E-state index in [1.807, 2.05) is 30.3 Å². The van der Waals surface area contributed by atoms with E-state index in [9.17, 15) is 4.79 Å². The smallest absolute Gasteiger partial charge is 0.287 e. The van der Waals surface area contributed by atoms with Gasteiger partial charge in [-0.15, -0.1) is 0 Å². The predicted octanol–water partition coefficient (Wildman–Crippen LogP) is 4.56. The van der Waals surface area contributed by atoms with Crippen LogP contribution in [0, 0.1) is 5.92 Å². The van der Waals surface area contributed by atoms with Gasteiger partial charge in [-0.25, -0.2) is 0 Å². The Balaban J connectivity index is 1.44. The summed E-state index contributed by atoms with van der Waals surface area (Å²) in [6.07, 6.45) is 9.23. The maximum Gasteiger partial charge on any atom is 0.287 e. The summed E-state index contributed by atoms with van der Waals surface area (Å²) < 4.78 is 11.0. The zero-order valence-electron chi connectivity index (χ0n) is 14.0. The first-order chi connectivity index (χ1) is 11.8. The fourth-order valence-electron chi connectivity index (χ4n) is 3.30. The molecule has 128 valence electrons. The van der Waals surface area contributed by atoms with Crippen LogP contribution in [-0.4, -0.2) is 12.5 Å². The number of para-hydroxylation sites is 1. The van der Waals surface area contributed by atoms with Crippen LogP contribution in [0.3, 0.4) is 0 Å². The maximum absolute atomic E-state index is 12.3. The largest absolute Gasteiger partial charge is 0.489 e. The summed E-state index contributed by atoms with van der Waals surface area (Å²) >= 11 is 0. The van der Waals surface area contributed by atoms with Crippen molar-refractivity contribution in [3.63, 3.8) is 0 Å². The predicted molar refractivity (Wildman–Crippen MR) is 93.0 cm³/mol. The van der Waals surface area contributed by atoms with Gasteiger partial charge in [-0.1, -0.05) is 43.9 Å². The van der Waals surface area contributed by atoms with Crippen LogP contribution in [0.5, 0.6) is 5.75 Å². The third kappa shape index (κ3) is 4.63. The number of ether oxygens (including phenoxy) is 1. The van der Waals surface area contributed by atoms with Crippen molar-refractivity contribution in [2.24, 2.45) is 5.92 Å². The van der Waals surface area contributed by atoms with Crippen molar-refractivity contribution in [1.29, 1.82) is 0 Å². The lowest BCUT2D eigenvalue weighted by molar-refractivity contribution is 0.0921. The highest BCUT2D eigenvalue weighted by Gasteiger charge is 2.17. The number of carbonyl (C=O) groups is 1. The number of hydrogen-bond acceptors (Lipinski definition) is 3. The van der Waals surface area contributed by atoms with Gasteiger partial charge in [0, 0.05) is 12.1 Å². The second-order valence-electron chi connectivity index (χ2n) is 6.43. The molecule has 2 aromatic rings. The molecule has 4 nitrogen and oxygen atoms in total. The van der Waals surface area contributed by atoms with E-state index in [2.05, 4.69) is 5.32 Å². The van der Waals surface area contributed by atoms with Crippen molar-refractivity contribution >= 4 is 5.91 Å². The molecule has 1 heterocycles. The average molecular weight is 327 g/mol. The summed E-state index contributed by atoms with van der Waals surface area (Å²) in [5.74, 6) is 1.84. The van der Waals surface area contributed by atoms with Gasteiger partial charge in [0.15, 0.2) is 5.76 Å². The molecule has 0 spiro atoms.